The number of anilines is 3. The van der Waals surface area contributed by atoms with Crippen molar-refractivity contribution in [1.82, 2.24) is 24.8 Å². The van der Waals surface area contributed by atoms with E-state index in [9.17, 15) is 0 Å². The molecule has 4 heterocycles. The summed E-state index contributed by atoms with van der Waals surface area (Å²) >= 11 is 7.38. The van der Waals surface area contributed by atoms with Crippen molar-refractivity contribution >= 4 is 50.6 Å². The van der Waals surface area contributed by atoms with Gasteiger partial charge in [0.05, 0.1) is 6.20 Å². The Morgan fingerprint density at radius 3 is 2.74 bits per heavy atom. The minimum atomic E-state index is 0.285. The maximum Gasteiger partial charge on any atom is 0.325 e. The van der Waals surface area contributed by atoms with Crippen molar-refractivity contribution in [1.29, 1.82) is 0 Å². The SMILES string of the molecule is Cc1cc2cc(Oc3nc(Nc4ncc(Cl)s4)cc(N4CCN(C)CC4)n3)ccc2[nH]1. The fourth-order valence-electron chi connectivity index (χ4n) is 3.57. The Morgan fingerprint density at radius 1 is 1.13 bits per heavy atom. The minimum absolute atomic E-state index is 0.285. The number of thiazole rings is 1. The Hall–Kier alpha value is -2.88. The number of piperazine rings is 1. The van der Waals surface area contributed by atoms with E-state index in [-0.39, 0.29) is 6.01 Å². The van der Waals surface area contributed by atoms with Crippen LogP contribution in [0.25, 0.3) is 10.9 Å². The van der Waals surface area contributed by atoms with Crippen molar-refractivity contribution < 1.29 is 4.74 Å². The summed E-state index contributed by atoms with van der Waals surface area (Å²) in [5.41, 5.74) is 2.18. The summed E-state index contributed by atoms with van der Waals surface area (Å²) in [6, 6.07) is 10.2. The van der Waals surface area contributed by atoms with Crippen LogP contribution in [0.2, 0.25) is 4.34 Å². The summed E-state index contributed by atoms with van der Waals surface area (Å²) in [6.45, 7) is 5.78. The smallest absolute Gasteiger partial charge is 0.325 e. The first-order valence-electron chi connectivity index (χ1n) is 10.00. The first-order chi connectivity index (χ1) is 15.0. The lowest BCUT2D eigenvalue weighted by molar-refractivity contribution is 0.311. The van der Waals surface area contributed by atoms with Crippen LogP contribution < -0.4 is 15.0 Å². The molecule has 0 amide bonds. The Bertz CT molecular complexity index is 1220. The average Bonchev–Trinajstić information content (AvgIpc) is 3.32. The Morgan fingerprint density at radius 2 is 1.97 bits per heavy atom. The van der Waals surface area contributed by atoms with E-state index < -0.39 is 0 Å². The molecule has 2 N–H and O–H groups in total. The fourth-order valence-corrected chi connectivity index (χ4v) is 4.39. The van der Waals surface area contributed by atoms with E-state index in [1.807, 2.05) is 31.2 Å². The van der Waals surface area contributed by atoms with Crippen molar-refractivity contribution in [2.24, 2.45) is 0 Å². The molecule has 0 atom stereocenters. The highest BCUT2D eigenvalue weighted by atomic mass is 35.5. The second kappa shape index (κ2) is 8.33. The third-order valence-corrected chi connectivity index (χ3v) is 6.20. The molecule has 4 aromatic rings. The molecule has 5 rings (SSSR count). The van der Waals surface area contributed by atoms with E-state index in [1.54, 1.807) is 6.20 Å². The Balaban J connectivity index is 1.46. The van der Waals surface area contributed by atoms with E-state index in [0.29, 0.717) is 21.0 Å². The lowest BCUT2D eigenvalue weighted by atomic mass is 10.2. The van der Waals surface area contributed by atoms with Gasteiger partial charge in [-0.2, -0.15) is 9.97 Å². The van der Waals surface area contributed by atoms with Gasteiger partial charge in [-0.15, -0.1) is 0 Å². The van der Waals surface area contributed by atoms with Crippen LogP contribution in [0.15, 0.2) is 36.5 Å². The van der Waals surface area contributed by atoms with Crippen LogP contribution in [0.5, 0.6) is 11.8 Å². The molecular formula is C21H22ClN7OS. The number of benzene rings is 1. The molecule has 1 aliphatic rings. The van der Waals surface area contributed by atoms with Gasteiger partial charge >= 0.3 is 6.01 Å². The number of ether oxygens (including phenoxy) is 1. The predicted molar refractivity (Wildman–Crippen MR) is 125 cm³/mol. The number of aromatic nitrogens is 4. The third-order valence-electron chi connectivity index (χ3n) is 5.17. The summed E-state index contributed by atoms with van der Waals surface area (Å²) in [4.78, 5) is 21.4. The highest BCUT2D eigenvalue weighted by Crippen LogP contribution is 2.30. The largest absolute Gasteiger partial charge is 0.424 e. The van der Waals surface area contributed by atoms with Crippen molar-refractivity contribution in [3.05, 3.63) is 46.6 Å². The number of nitrogens with one attached hydrogen (secondary N) is 2. The monoisotopic (exact) mass is 455 g/mol. The second-order valence-corrected chi connectivity index (χ2v) is 9.24. The molecule has 160 valence electrons. The predicted octanol–water partition coefficient (Wildman–Crippen LogP) is 4.66. The van der Waals surface area contributed by atoms with Crippen molar-refractivity contribution in [2.75, 3.05) is 43.4 Å². The molecule has 0 saturated carbocycles. The molecule has 8 nitrogen and oxygen atoms in total. The molecule has 10 heteroatoms. The maximum atomic E-state index is 6.08. The zero-order chi connectivity index (χ0) is 21.4. The van der Waals surface area contributed by atoms with Gasteiger partial charge in [-0.05, 0) is 38.2 Å². The van der Waals surface area contributed by atoms with Crippen LogP contribution >= 0.6 is 22.9 Å². The molecule has 1 aliphatic heterocycles. The van der Waals surface area contributed by atoms with Gasteiger partial charge in [0, 0.05) is 48.8 Å². The van der Waals surface area contributed by atoms with Crippen molar-refractivity contribution in [2.45, 2.75) is 6.92 Å². The molecule has 3 aromatic heterocycles. The Labute approximate surface area is 188 Å². The summed E-state index contributed by atoms with van der Waals surface area (Å²) in [5.74, 6) is 2.12. The highest BCUT2D eigenvalue weighted by molar-refractivity contribution is 7.19. The number of halogens is 1. The third kappa shape index (κ3) is 4.58. The van der Waals surface area contributed by atoms with Crippen LogP contribution in [0, 0.1) is 6.92 Å². The van der Waals surface area contributed by atoms with E-state index >= 15 is 0 Å². The summed E-state index contributed by atoms with van der Waals surface area (Å²) in [6.07, 6.45) is 1.61. The number of aryl methyl sites for hydroxylation is 1. The number of rotatable bonds is 5. The zero-order valence-electron chi connectivity index (χ0n) is 17.2. The molecule has 1 saturated heterocycles. The number of H-pyrrole nitrogens is 1. The molecule has 31 heavy (non-hydrogen) atoms. The molecule has 1 fully saturated rings. The number of nitrogens with zero attached hydrogens (tertiary/aromatic N) is 5. The van der Waals surface area contributed by atoms with Gasteiger partial charge in [0.15, 0.2) is 5.13 Å². The van der Waals surface area contributed by atoms with Gasteiger partial charge < -0.3 is 24.8 Å². The number of aromatic amines is 1. The first kappa shape index (κ1) is 20.0. The molecule has 0 bridgehead atoms. The van der Waals surface area contributed by atoms with Gasteiger partial charge in [0.2, 0.25) is 0 Å². The summed E-state index contributed by atoms with van der Waals surface area (Å²) < 4.78 is 6.69. The first-order valence-corrected chi connectivity index (χ1v) is 11.2. The quantitative estimate of drug-likeness (QED) is 0.452. The molecule has 1 aromatic carbocycles. The summed E-state index contributed by atoms with van der Waals surface area (Å²) in [5, 5.41) is 4.98. The Kier molecular flexibility index (Phi) is 5.39. The van der Waals surface area contributed by atoms with Crippen LogP contribution in [-0.2, 0) is 0 Å². The van der Waals surface area contributed by atoms with Crippen LogP contribution in [0.4, 0.5) is 16.8 Å². The molecule has 0 spiro atoms. The van der Waals surface area contributed by atoms with Crippen LogP contribution in [-0.4, -0.2) is 58.1 Å². The lowest BCUT2D eigenvalue weighted by Crippen LogP contribution is -2.44. The van der Waals surface area contributed by atoms with Gasteiger partial charge in [-0.25, -0.2) is 4.98 Å². The van der Waals surface area contributed by atoms with Crippen LogP contribution in [0.3, 0.4) is 0 Å². The van der Waals surface area contributed by atoms with E-state index in [1.165, 1.54) is 11.3 Å². The number of hydrogen-bond donors (Lipinski definition) is 2. The van der Waals surface area contributed by atoms with Gasteiger partial charge in [-0.1, -0.05) is 22.9 Å². The molecule has 0 radical (unpaired) electrons. The van der Waals surface area contributed by atoms with Gasteiger partial charge in [-0.3, -0.25) is 0 Å². The topological polar surface area (TPSA) is 82.2 Å². The minimum Gasteiger partial charge on any atom is -0.424 e. The van der Waals surface area contributed by atoms with E-state index in [0.717, 1.165) is 48.6 Å². The van der Waals surface area contributed by atoms with Gasteiger partial charge in [0.1, 0.15) is 21.7 Å². The fraction of sp³-hybridized carbons (Fsp3) is 0.286. The number of hydrogen-bond acceptors (Lipinski definition) is 8. The van der Waals surface area contributed by atoms with E-state index in [4.69, 9.17) is 21.3 Å². The average molecular weight is 456 g/mol. The molecule has 0 aliphatic carbocycles. The van der Waals surface area contributed by atoms with Gasteiger partial charge in [0.25, 0.3) is 0 Å². The zero-order valence-corrected chi connectivity index (χ0v) is 18.8. The molecule has 0 unspecified atom stereocenters. The normalized spacial score (nSPS) is 14.9. The summed E-state index contributed by atoms with van der Waals surface area (Å²) in [7, 11) is 2.13. The molecular weight excluding hydrogens is 434 g/mol. The van der Waals surface area contributed by atoms with Crippen LogP contribution in [0.1, 0.15) is 5.69 Å². The van der Waals surface area contributed by atoms with E-state index in [2.05, 4.69) is 43.2 Å². The second-order valence-electron chi connectivity index (χ2n) is 7.58. The standard InChI is InChI=1S/C21H22ClN7OS/c1-13-9-14-10-15(3-4-16(14)24-13)30-20-25-18(26-21-23-12-17(22)31-21)11-19(27-20)29-7-5-28(2)6-8-29/h3-4,9-12,24H,5-8H2,1-2H3,(H,23,25,26,27). The maximum absolute atomic E-state index is 6.08. The number of fused-ring (bicyclic) bond motifs is 1. The number of likely N-dealkylation sites (N-methyl/N-ethyl adjacent to an activating group) is 1. The highest BCUT2D eigenvalue weighted by Gasteiger charge is 2.18. The van der Waals surface area contributed by atoms with Crippen molar-refractivity contribution in [3.63, 3.8) is 0 Å². The lowest BCUT2D eigenvalue weighted by Gasteiger charge is -2.33. The van der Waals surface area contributed by atoms with Crippen molar-refractivity contribution in [3.8, 4) is 11.8 Å².